The van der Waals surface area contributed by atoms with Crippen LogP contribution in [0.5, 0.6) is 0 Å². The summed E-state index contributed by atoms with van der Waals surface area (Å²) in [6.07, 6.45) is 5.58. The Kier molecular flexibility index (Phi) is 9.34. The number of ether oxygens (including phenoxy) is 1. The van der Waals surface area contributed by atoms with Crippen molar-refractivity contribution in [1.29, 1.82) is 0 Å². The Morgan fingerprint density at radius 2 is 1.95 bits per heavy atom. The first-order chi connectivity index (χ1) is 18.0. The number of hydrogen-bond donors (Lipinski definition) is 3. The van der Waals surface area contributed by atoms with Gasteiger partial charge in [-0.05, 0) is 61.7 Å². The van der Waals surface area contributed by atoms with Gasteiger partial charge in [-0.3, -0.25) is 4.98 Å². The van der Waals surface area contributed by atoms with Crippen molar-refractivity contribution in [3.63, 3.8) is 0 Å². The number of hydrazone groups is 1. The Balaban J connectivity index is 1.36. The van der Waals surface area contributed by atoms with Gasteiger partial charge in [0.05, 0.1) is 43.2 Å². The lowest BCUT2D eigenvalue weighted by Crippen LogP contribution is -2.37. The number of rotatable bonds is 11. The molecule has 0 saturated carbocycles. The second-order valence-electron chi connectivity index (χ2n) is 9.30. The molecule has 3 N–H and O–H groups in total. The van der Waals surface area contributed by atoms with E-state index in [0.29, 0.717) is 43.8 Å². The number of aromatic nitrogens is 3. The van der Waals surface area contributed by atoms with Gasteiger partial charge in [-0.15, -0.1) is 0 Å². The molecule has 1 saturated heterocycles. The number of nitrogens with one attached hydrogen (secondary N) is 3. The average Bonchev–Trinajstić information content (AvgIpc) is 2.91. The predicted molar refractivity (Wildman–Crippen MR) is 146 cm³/mol. The molecular formula is C27H35FN8O. The van der Waals surface area contributed by atoms with Crippen LogP contribution in [-0.4, -0.2) is 61.1 Å². The number of hydrogen-bond acceptors (Lipinski definition) is 9. The minimum absolute atomic E-state index is 0.215. The van der Waals surface area contributed by atoms with E-state index in [1.54, 1.807) is 12.4 Å². The molecule has 1 unspecified atom stereocenters. The van der Waals surface area contributed by atoms with Gasteiger partial charge in [-0.2, -0.15) is 10.1 Å². The standard InChI is InChI=1S/C27H35FN8O/c1-19(2)24(9-10-29-3)20-5-4-6-21(15-20)33-23-8-7-22(30-16-23)17-32-35-27-31-18-25(28)26(34-27)36-11-13-37-14-12-36/h4-8,15-19,24,29,33H,9-14H2,1-3H3,(H,31,34,35)/b32-17+. The zero-order valence-corrected chi connectivity index (χ0v) is 21.6. The molecule has 0 aliphatic carbocycles. The van der Waals surface area contributed by atoms with E-state index in [1.807, 2.05) is 24.1 Å². The number of pyridine rings is 1. The molecule has 196 valence electrons. The van der Waals surface area contributed by atoms with Gasteiger partial charge in [0.25, 0.3) is 0 Å². The van der Waals surface area contributed by atoms with Crippen LogP contribution in [-0.2, 0) is 4.74 Å². The second-order valence-corrected chi connectivity index (χ2v) is 9.30. The third-order valence-corrected chi connectivity index (χ3v) is 6.30. The number of halogens is 1. The van der Waals surface area contributed by atoms with Crippen LogP contribution in [0.15, 0.2) is 53.9 Å². The summed E-state index contributed by atoms with van der Waals surface area (Å²) >= 11 is 0. The Hall–Kier alpha value is -3.63. The van der Waals surface area contributed by atoms with Crippen molar-refractivity contribution in [3.05, 3.63) is 65.9 Å². The zero-order valence-electron chi connectivity index (χ0n) is 21.6. The van der Waals surface area contributed by atoms with Crippen molar-refractivity contribution in [3.8, 4) is 0 Å². The van der Waals surface area contributed by atoms with Crippen molar-refractivity contribution in [2.45, 2.75) is 26.2 Å². The first kappa shape index (κ1) is 26.4. The molecule has 0 amide bonds. The van der Waals surface area contributed by atoms with Gasteiger partial charge < -0.3 is 20.3 Å². The van der Waals surface area contributed by atoms with E-state index in [4.69, 9.17) is 4.74 Å². The molecule has 4 rings (SSSR count). The molecule has 3 aromatic rings. The predicted octanol–water partition coefficient (Wildman–Crippen LogP) is 4.39. The maximum absolute atomic E-state index is 14.2. The van der Waals surface area contributed by atoms with Gasteiger partial charge in [-0.25, -0.2) is 14.8 Å². The molecular weight excluding hydrogens is 471 g/mol. The fourth-order valence-corrected chi connectivity index (χ4v) is 4.32. The van der Waals surface area contributed by atoms with E-state index in [9.17, 15) is 4.39 Å². The molecule has 0 radical (unpaired) electrons. The molecule has 3 heterocycles. The Morgan fingerprint density at radius 1 is 1.11 bits per heavy atom. The van der Waals surface area contributed by atoms with E-state index in [2.05, 4.69) is 74.2 Å². The number of anilines is 4. The summed E-state index contributed by atoms with van der Waals surface area (Å²) in [6, 6.07) is 12.4. The first-order valence-electron chi connectivity index (χ1n) is 12.7. The topological polar surface area (TPSA) is 99.6 Å². The first-order valence-corrected chi connectivity index (χ1v) is 12.7. The molecule has 1 fully saturated rings. The van der Waals surface area contributed by atoms with Crippen molar-refractivity contribution in [2.24, 2.45) is 11.0 Å². The molecule has 2 aromatic heterocycles. The zero-order chi connectivity index (χ0) is 26.0. The molecule has 1 aliphatic rings. The quantitative estimate of drug-likeness (QED) is 0.260. The average molecular weight is 507 g/mol. The molecule has 10 heteroatoms. The molecule has 0 spiro atoms. The fourth-order valence-electron chi connectivity index (χ4n) is 4.32. The Bertz CT molecular complexity index is 1170. The van der Waals surface area contributed by atoms with Crippen LogP contribution < -0.4 is 21.0 Å². The van der Waals surface area contributed by atoms with Gasteiger partial charge in [0.2, 0.25) is 5.95 Å². The largest absolute Gasteiger partial charge is 0.378 e. The summed E-state index contributed by atoms with van der Waals surface area (Å²) in [6.45, 7) is 7.78. The van der Waals surface area contributed by atoms with Gasteiger partial charge in [0.15, 0.2) is 11.6 Å². The van der Waals surface area contributed by atoms with Gasteiger partial charge >= 0.3 is 0 Å². The summed E-state index contributed by atoms with van der Waals surface area (Å²) in [5.74, 6) is 1.05. The van der Waals surface area contributed by atoms with Crippen molar-refractivity contribution < 1.29 is 9.13 Å². The van der Waals surface area contributed by atoms with E-state index in [1.165, 1.54) is 5.56 Å². The lowest BCUT2D eigenvalue weighted by Gasteiger charge is -2.27. The van der Waals surface area contributed by atoms with E-state index in [0.717, 1.165) is 30.5 Å². The van der Waals surface area contributed by atoms with Crippen LogP contribution in [0.4, 0.5) is 27.5 Å². The lowest BCUT2D eigenvalue weighted by atomic mass is 9.85. The van der Waals surface area contributed by atoms with Crippen molar-refractivity contribution in [1.82, 2.24) is 20.3 Å². The van der Waals surface area contributed by atoms with Crippen LogP contribution in [0.3, 0.4) is 0 Å². The normalized spacial score (nSPS) is 14.8. The van der Waals surface area contributed by atoms with Crippen LogP contribution in [0.2, 0.25) is 0 Å². The summed E-state index contributed by atoms with van der Waals surface area (Å²) in [5.41, 5.74) is 6.66. The second kappa shape index (κ2) is 13.1. The highest BCUT2D eigenvalue weighted by Gasteiger charge is 2.18. The van der Waals surface area contributed by atoms with Crippen LogP contribution >= 0.6 is 0 Å². The Labute approximate surface area is 217 Å². The molecule has 1 atom stereocenters. The smallest absolute Gasteiger partial charge is 0.245 e. The monoisotopic (exact) mass is 506 g/mol. The lowest BCUT2D eigenvalue weighted by molar-refractivity contribution is 0.122. The molecule has 37 heavy (non-hydrogen) atoms. The van der Waals surface area contributed by atoms with Crippen LogP contribution in [0.1, 0.15) is 37.4 Å². The minimum Gasteiger partial charge on any atom is -0.378 e. The number of benzene rings is 1. The van der Waals surface area contributed by atoms with E-state index in [-0.39, 0.29) is 11.8 Å². The minimum atomic E-state index is -0.468. The Morgan fingerprint density at radius 3 is 2.68 bits per heavy atom. The van der Waals surface area contributed by atoms with Crippen molar-refractivity contribution >= 4 is 29.4 Å². The fraction of sp³-hybridized carbons (Fsp3) is 0.407. The number of morpholine rings is 1. The van der Waals surface area contributed by atoms with Crippen molar-refractivity contribution in [2.75, 3.05) is 55.5 Å². The van der Waals surface area contributed by atoms with E-state index < -0.39 is 5.82 Å². The summed E-state index contributed by atoms with van der Waals surface area (Å²) in [7, 11) is 1.99. The maximum Gasteiger partial charge on any atom is 0.245 e. The highest BCUT2D eigenvalue weighted by atomic mass is 19.1. The summed E-state index contributed by atoms with van der Waals surface area (Å²) in [4.78, 5) is 14.5. The van der Waals surface area contributed by atoms with Gasteiger partial charge in [0.1, 0.15) is 0 Å². The maximum atomic E-state index is 14.2. The third-order valence-electron chi connectivity index (χ3n) is 6.30. The SMILES string of the molecule is CNCCC(c1cccc(Nc2ccc(/C=N/Nc3ncc(F)c(N4CCOCC4)n3)nc2)c1)C(C)C. The third kappa shape index (κ3) is 7.43. The van der Waals surface area contributed by atoms with Gasteiger partial charge in [-0.1, -0.05) is 26.0 Å². The van der Waals surface area contributed by atoms with E-state index >= 15 is 0 Å². The molecule has 9 nitrogen and oxygen atoms in total. The van der Waals surface area contributed by atoms with Gasteiger partial charge in [0, 0.05) is 18.8 Å². The molecule has 1 aromatic carbocycles. The summed E-state index contributed by atoms with van der Waals surface area (Å²) < 4.78 is 19.5. The molecule has 1 aliphatic heterocycles. The highest BCUT2D eigenvalue weighted by Crippen LogP contribution is 2.30. The summed E-state index contributed by atoms with van der Waals surface area (Å²) in [5, 5.41) is 10.9. The van der Waals surface area contributed by atoms with Crippen LogP contribution in [0.25, 0.3) is 0 Å². The number of nitrogens with zero attached hydrogens (tertiary/aromatic N) is 5. The highest BCUT2D eigenvalue weighted by molar-refractivity contribution is 5.78. The van der Waals surface area contributed by atoms with Crippen LogP contribution in [0, 0.1) is 11.7 Å². The molecule has 0 bridgehead atoms.